The fourth-order valence-electron chi connectivity index (χ4n) is 4.35. The summed E-state index contributed by atoms with van der Waals surface area (Å²) in [7, 11) is 0. The monoisotopic (exact) mass is 439 g/mol. The minimum Gasteiger partial charge on any atom is -0.340 e. The third-order valence-corrected chi connectivity index (χ3v) is 6.06. The van der Waals surface area contributed by atoms with Gasteiger partial charge in [0.1, 0.15) is 0 Å². The van der Waals surface area contributed by atoms with Crippen LogP contribution in [0.1, 0.15) is 11.1 Å². The van der Waals surface area contributed by atoms with Crippen LogP contribution < -0.4 is 0 Å². The van der Waals surface area contributed by atoms with E-state index in [9.17, 15) is 9.59 Å². The molecule has 168 valence electrons. The molecule has 1 aliphatic rings. The molecule has 0 saturated carbocycles. The Bertz CT molecular complexity index is 1100. The topological polar surface area (TPSA) is 53.5 Å². The first kappa shape index (κ1) is 22.5. The van der Waals surface area contributed by atoms with Gasteiger partial charge in [-0.3, -0.25) is 14.6 Å². The summed E-state index contributed by atoms with van der Waals surface area (Å²) in [5.74, 6) is -0.149. The Balaban J connectivity index is 1.54. The largest absolute Gasteiger partial charge is 0.340 e. The summed E-state index contributed by atoms with van der Waals surface area (Å²) < 4.78 is 0. The summed E-state index contributed by atoms with van der Waals surface area (Å²) in [6, 6.07) is 22.0. The zero-order valence-electron chi connectivity index (χ0n) is 18.8. The summed E-state index contributed by atoms with van der Waals surface area (Å²) in [6.07, 6.45) is 6.24. The summed E-state index contributed by atoms with van der Waals surface area (Å²) in [4.78, 5) is 34.2. The van der Waals surface area contributed by atoms with Gasteiger partial charge < -0.3 is 9.80 Å². The summed E-state index contributed by atoms with van der Waals surface area (Å²) >= 11 is 0. The maximum Gasteiger partial charge on any atom is 0.228 e. The molecule has 1 atom stereocenters. The smallest absolute Gasteiger partial charge is 0.228 e. The predicted octanol–water partition coefficient (Wildman–Crippen LogP) is 4.01. The average Bonchev–Trinajstić information content (AvgIpc) is 3.00. The van der Waals surface area contributed by atoms with Gasteiger partial charge in [-0.15, -0.1) is 6.58 Å². The zero-order chi connectivity index (χ0) is 23.0. The number of hydrogen-bond donors (Lipinski definition) is 0. The first-order chi connectivity index (χ1) is 16.1. The molecule has 2 amide bonds. The highest BCUT2D eigenvalue weighted by Gasteiger charge is 2.31. The van der Waals surface area contributed by atoms with Crippen molar-refractivity contribution >= 4 is 11.8 Å². The molecular weight excluding hydrogens is 410 g/mol. The van der Waals surface area contributed by atoms with Gasteiger partial charge in [-0.05, 0) is 40.8 Å². The SMILES string of the molecule is C=CCN1CCN(C(=O)Cc2ccccc2)C[C@@H](Cc2cccc(-c3ccncc3)c2)C1=O. The summed E-state index contributed by atoms with van der Waals surface area (Å²) in [5.41, 5.74) is 4.25. The van der Waals surface area contributed by atoms with Crippen LogP contribution >= 0.6 is 0 Å². The molecule has 1 saturated heterocycles. The highest BCUT2D eigenvalue weighted by Crippen LogP contribution is 2.23. The molecule has 0 N–H and O–H groups in total. The van der Waals surface area contributed by atoms with Crippen LogP contribution in [-0.4, -0.2) is 52.8 Å². The predicted molar refractivity (Wildman–Crippen MR) is 130 cm³/mol. The number of rotatable bonds is 7. The molecule has 2 aromatic carbocycles. The number of carbonyl (C=O) groups is 2. The van der Waals surface area contributed by atoms with Gasteiger partial charge in [0.15, 0.2) is 0 Å². The van der Waals surface area contributed by atoms with Gasteiger partial charge in [0.2, 0.25) is 11.8 Å². The fourth-order valence-corrected chi connectivity index (χ4v) is 4.35. The lowest BCUT2D eigenvalue weighted by Gasteiger charge is -2.24. The Hall–Kier alpha value is -3.73. The molecule has 4 rings (SSSR count). The molecule has 0 spiro atoms. The van der Waals surface area contributed by atoms with Crippen LogP contribution in [-0.2, 0) is 22.4 Å². The molecule has 0 radical (unpaired) electrons. The number of hydrogen-bond acceptors (Lipinski definition) is 3. The van der Waals surface area contributed by atoms with Gasteiger partial charge in [-0.1, -0.05) is 60.7 Å². The minimum atomic E-state index is -0.292. The van der Waals surface area contributed by atoms with E-state index in [1.54, 1.807) is 18.5 Å². The van der Waals surface area contributed by atoms with Gasteiger partial charge in [0, 0.05) is 38.6 Å². The second kappa shape index (κ2) is 10.7. The summed E-state index contributed by atoms with van der Waals surface area (Å²) in [6.45, 7) is 5.79. The van der Waals surface area contributed by atoms with Gasteiger partial charge in [0.05, 0.1) is 12.3 Å². The molecule has 5 nitrogen and oxygen atoms in total. The standard InChI is InChI=1S/C28H29N3O2/c1-2-15-30-16-17-31(27(32)20-22-7-4-3-5-8-22)21-26(28(30)33)19-23-9-6-10-25(18-23)24-11-13-29-14-12-24/h2-14,18,26H,1,15-17,19-21H2/t26-/m1/s1. The van der Waals surface area contributed by atoms with E-state index >= 15 is 0 Å². The van der Waals surface area contributed by atoms with Crippen LogP contribution in [0, 0.1) is 5.92 Å². The molecule has 1 fully saturated rings. The van der Waals surface area contributed by atoms with Crippen LogP contribution in [0.2, 0.25) is 0 Å². The quantitative estimate of drug-likeness (QED) is 0.523. The maximum absolute atomic E-state index is 13.4. The van der Waals surface area contributed by atoms with Crippen molar-refractivity contribution in [1.29, 1.82) is 0 Å². The van der Waals surface area contributed by atoms with E-state index in [1.165, 1.54) is 0 Å². The van der Waals surface area contributed by atoms with Crippen molar-refractivity contribution < 1.29 is 9.59 Å². The van der Waals surface area contributed by atoms with E-state index in [2.05, 4.69) is 29.8 Å². The molecule has 3 aromatic rings. The second-order valence-electron chi connectivity index (χ2n) is 8.41. The molecule has 0 unspecified atom stereocenters. The van der Waals surface area contributed by atoms with E-state index in [0.29, 0.717) is 39.0 Å². The van der Waals surface area contributed by atoms with Gasteiger partial charge >= 0.3 is 0 Å². The Morgan fingerprint density at radius 3 is 2.48 bits per heavy atom. The first-order valence-electron chi connectivity index (χ1n) is 11.3. The number of benzene rings is 2. The number of carbonyl (C=O) groups excluding carboxylic acids is 2. The molecule has 2 heterocycles. The molecule has 1 aromatic heterocycles. The highest BCUT2D eigenvalue weighted by atomic mass is 16.2. The van der Waals surface area contributed by atoms with E-state index in [4.69, 9.17) is 0 Å². The van der Waals surface area contributed by atoms with Crippen molar-refractivity contribution in [2.24, 2.45) is 5.92 Å². The second-order valence-corrected chi connectivity index (χ2v) is 8.41. The lowest BCUT2D eigenvalue weighted by Crippen LogP contribution is -2.38. The van der Waals surface area contributed by atoms with E-state index in [1.807, 2.05) is 58.3 Å². The summed E-state index contributed by atoms with van der Waals surface area (Å²) in [5, 5.41) is 0. The Morgan fingerprint density at radius 2 is 1.73 bits per heavy atom. The van der Waals surface area contributed by atoms with Crippen LogP contribution in [0.3, 0.4) is 0 Å². The van der Waals surface area contributed by atoms with Gasteiger partial charge in [-0.25, -0.2) is 0 Å². The van der Waals surface area contributed by atoms with Crippen molar-refractivity contribution in [3.63, 3.8) is 0 Å². The zero-order valence-corrected chi connectivity index (χ0v) is 18.8. The van der Waals surface area contributed by atoms with Gasteiger partial charge in [0.25, 0.3) is 0 Å². The number of amides is 2. The van der Waals surface area contributed by atoms with Crippen molar-refractivity contribution in [3.05, 3.63) is 103 Å². The minimum absolute atomic E-state index is 0.0602. The average molecular weight is 440 g/mol. The Morgan fingerprint density at radius 1 is 0.970 bits per heavy atom. The Kier molecular flexibility index (Phi) is 7.30. The molecule has 0 bridgehead atoms. The normalized spacial score (nSPS) is 16.4. The van der Waals surface area contributed by atoms with Crippen molar-refractivity contribution in [2.45, 2.75) is 12.8 Å². The van der Waals surface area contributed by atoms with Crippen molar-refractivity contribution in [2.75, 3.05) is 26.2 Å². The Labute approximate surface area is 195 Å². The molecule has 5 heteroatoms. The lowest BCUT2D eigenvalue weighted by atomic mass is 9.95. The molecule has 0 aliphatic carbocycles. The molecule has 1 aliphatic heterocycles. The third-order valence-electron chi connectivity index (χ3n) is 6.06. The van der Waals surface area contributed by atoms with Crippen molar-refractivity contribution in [3.8, 4) is 11.1 Å². The number of nitrogens with zero attached hydrogens (tertiary/aromatic N) is 3. The molecule has 33 heavy (non-hydrogen) atoms. The number of aromatic nitrogens is 1. The van der Waals surface area contributed by atoms with E-state index in [0.717, 1.165) is 22.3 Å². The number of pyridine rings is 1. The third kappa shape index (κ3) is 5.75. The van der Waals surface area contributed by atoms with Gasteiger partial charge in [-0.2, -0.15) is 0 Å². The van der Waals surface area contributed by atoms with Crippen molar-refractivity contribution in [1.82, 2.24) is 14.8 Å². The maximum atomic E-state index is 13.4. The van der Waals surface area contributed by atoms with Crippen LogP contribution in [0.5, 0.6) is 0 Å². The first-order valence-corrected chi connectivity index (χ1v) is 11.3. The fraction of sp³-hybridized carbons (Fsp3) is 0.250. The van der Waals surface area contributed by atoms with Crippen LogP contribution in [0.4, 0.5) is 0 Å². The molecular formula is C28H29N3O2. The lowest BCUT2D eigenvalue weighted by molar-refractivity contribution is -0.134. The van der Waals surface area contributed by atoms with Crippen LogP contribution in [0.15, 0.2) is 91.8 Å². The highest BCUT2D eigenvalue weighted by molar-refractivity contribution is 5.83. The van der Waals surface area contributed by atoms with E-state index < -0.39 is 0 Å². The van der Waals surface area contributed by atoms with Crippen LogP contribution in [0.25, 0.3) is 11.1 Å². The van der Waals surface area contributed by atoms with E-state index in [-0.39, 0.29) is 17.7 Å².